The second-order valence-corrected chi connectivity index (χ2v) is 6.39. The Labute approximate surface area is 146 Å². The second kappa shape index (κ2) is 7.79. The first-order valence-corrected chi connectivity index (χ1v) is 8.46. The van der Waals surface area contributed by atoms with E-state index in [9.17, 15) is 0 Å². The van der Waals surface area contributed by atoms with Crippen LogP contribution in [0.2, 0.25) is 0 Å². The molecule has 0 aliphatic carbocycles. The summed E-state index contributed by atoms with van der Waals surface area (Å²) in [7, 11) is 1.66. The Morgan fingerprint density at radius 3 is 2.12 bits per heavy atom. The molecule has 3 aromatic carbocycles. The van der Waals surface area contributed by atoms with Crippen LogP contribution >= 0.6 is 11.8 Å². The van der Waals surface area contributed by atoms with Gasteiger partial charge in [0.25, 0.3) is 0 Å². The highest BCUT2D eigenvalue weighted by Crippen LogP contribution is 2.38. The number of benzene rings is 3. The summed E-state index contributed by atoms with van der Waals surface area (Å²) in [5.41, 5.74) is 2.60. The quantitative estimate of drug-likeness (QED) is 0.494. The van der Waals surface area contributed by atoms with Crippen LogP contribution in [0.4, 0.5) is 11.4 Å². The largest absolute Gasteiger partial charge is 0.494 e. The molecule has 0 aromatic heterocycles. The summed E-state index contributed by atoms with van der Waals surface area (Å²) in [4.78, 5) is 2.30. The highest BCUT2D eigenvalue weighted by atomic mass is 32.2. The number of hydrogen-bond donors (Lipinski definition) is 0. The van der Waals surface area contributed by atoms with Crippen LogP contribution in [0.3, 0.4) is 0 Å². The lowest BCUT2D eigenvalue weighted by atomic mass is 10.2. The van der Waals surface area contributed by atoms with Gasteiger partial charge in [-0.05, 0) is 48.9 Å². The van der Waals surface area contributed by atoms with Gasteiger partial charge in [0, 0.05) is 9.79 Å². The maximum atomic E-state index is 5.51. The standard InChI is InChI=1S/C20H18N2OS/c1-15-13-18(24-17-11-7-4-8-12-17)14-19(20(15)23-2)22-21-16-9-5-3-6-10-16/h3-14H,1-2H3. The SMILES string of the molecule is COc1c(C)cc(Sc2ccccc2)cc1N=Nc1ccccc1. The molecule has 3 rings (SSSR count). The maximum Gasteiger partial charge on any atom is 0.149 e. The monoisotopic (exact) mass is 334 g/mol. The third-order valence-corrected chi connectivity index (χ3v) is 4.42. The van der Waals surface area contributed by atoms with Gasteiger partial charge in [0.05, 0.1) is 12.8 Å². The van der Waals surface area contributed by atoms with Crippen molar-refractivity contribution in [1.82, 2.24) is 0 Å². The van der Waals surface area contributed by atoms with E-state index >= 15 is 0 Å². The van der Waals surface area contributed by atoms with E-state index < -0.39 is 0 Å². The molecule has 3 nitrogen and oxygen atoms in total. The molecule has 4 heteroatoms. The minimum Gasteiger partial charge on any atom is -0.494 e. The number of aryl methyl sites for hydroxylation is 1. The third-order valence-electron chi connectivity index (χ3n) is 3.44. The Kier molecular flexibility index (Phi) is 5.29. The van der Waals surface area contributed by atoms with Gasteiger partial charge in [-0.3, -0.25) is 0 Å². The zero-order valence-corrected chi connectivity index (χ0v) is 14.5. The molecule has 120 valence electrons. The Balaban J connectivity index is 1.93. The molecular formula is C20H18N2OS. The van der Waals surface area contributed by atoms with Crippen molar-refractivity contribution in [3.8, 4) is 5.75 Å². The molecule has 0 saturated heterocycles. The Bertz CT molecular complexity index is 833. The molecule has 0 bridgehead atoms. The van der Waals surface area contributed by atoms with Crippen LogP contribution in [-0.2, 0) is 0 Å². The third kappa shape index (κ3) is 4.03. The van der Waals surface area contributed by atoms with E-state index in [0.717, 1.165) is 27.6 Å². The minimum absolute atomic E-state index is 0.736. The summed E-state index contributed by atoms with van der Waals surface area (Å²) < 4.78 is 5.51. The minimum atomic E-state index is 0.736. The molecule has 0 unspecified atom stereocenters. The Hall–Kier alpha value is -2.59. The van der Waals surface area contributed by atoms with Gasteiger partial charge in [-0.1, -0.05) is 48.2 Å². The number of rotatable bonds is 5. The van der Waals surface area contributed by atoms with E-state index in [-0.39, 0.29) is 0 Å². The van der Waals surface area contributed by atoms with Crippen molar-refractivity contribution < 1.29 is 4.74 Å². The average molecular weight is 334 g/mol. The predicted octanol–water partition coefficient (Wildman–Crippen LogP) is 6.57. The number of azo groups is 1. The molecule has 0 saturated carbocycles. The number of methoxy groups -OCH3 is 1. The molecule has 0 fully saturated rings. The van der Waals surface area contributed by atoms with Crippen LogP contribution in [0.1, 0.15) is 5.56 Å². The van der Waals surface area contributed by atoms with Gasteiger partial charge in [0.1, 0.15) is 11.4 Å². The van der Waals surface area contributed by atoms with Crippen molar-refractivity contribution >= 4 is 23.1 Å². The van der Waals surface area contributed by atoms with Crippen molar-refractivity contribution in [2.75, 3.05) is 7.11 Å². The summed E-state index contributed by atoms with van der Waals surface area (Å²) in [5, 5.41) is 8.71. The van der Waals surface area contributed by atoms with Crippen LogP contribution in [0.15, 0.2) is 92.8 Å². The van der Waals surface area contributed by atoms with E-state index in [1.54, 1.807) is 18.9 Å². The van der Waals surface area contributed by atoms with Gasteiger partial charge < -0.3 is 4.74 Å². The summed E-state index contributed by atoms with van der Waals surface area (Å²) in [6.45, 7) is 2.02. The van der Waals surface area contributed by atoms with Crippen molar-refractivity contribution in [2.45, 2.75) is 16.7 Å². The maximum absolute atomic E-state index is 5.51. The van der Waals surface area contributed by atoms with Crippen LogP contribution in [0.5, 0.6) is 5.75 Å². The van der Waals surface area contributed by atoms with Crippen molar-refractivity contribution in [1.29, 1.82) is 0 Å². The van der Waals surface area contributed by atoms with Gasteiger partial charge in [-0.25, -0.2) is 0 Å². The lowest BCUT2D eigenvalue weighted by Gasteiger charge is -2.10. The van der Waals surface area contributed by atoms with Crippen molar-refractivity contribution in [2.24, 2.45) is 10.2 Å². The fourth-order valence-electron chi connectivity index (χ4n) is 2.35. The highest BCUT2D eigenvalue weighted by molar-refractivity contribution is 7.99. The first-order valence-electron chi connectivity index (χ1n) is 7.64. The zero-order chi connectivity index (χ0) is 16.8. The first kappa shape index (κ1) is 16.3. The smallest absolute Gasteiger partial charge is 0.149 e. The predicted molar refractivity (Wildman–Crippen MR) is 98.9 cm³/mol. The molecule has 0 aliphatic rings. The molecule has 0 aliphatic heterocycles. The van der Waals surface area contributed by atoms with E-state index in [1.807, 2.05) is 61.5 Å². The lowest BCUT2D eigenvalue weighted by molar-refractivity contribution is 0.412. The zero-order valence-electron chi connectivity index (χ0n) is 13.6. The molecule has 0 amide bonds. The fourth-order valence-corrected chi connectivity index (χ4v) is 3.32. The van der Waals surface area contributed by atoms with Crippen LogP contribution < -0.4 is 4.74 Å². The first-order chi connectivity index (χ1) is 11.8. The summed E-state index contributed by atoms with van der Waals surface area (Å²) >= 11 is 1.70. The van der Waals surface area contributed by atoms with E-state index in [0.29, 0.717) is 0 Å². The van der Waals surface area contributed by atoms with Crippen molar-refractivity contribution in [3.05, 3.63) is 78.4 Å². The van der Waals surface area contributed by atoms with Gasteiger partial charge >= 0.3 is 0 Å². The van der Waals surface area contributed by atoms with Gasteiger partial charge in [0.15, 0.2) is 0 Å². The summed E-state index contributed by atoms with van der Waals surface area (Å²) in [5.74, 6) is 0.757. The molecule has 0 radical (unpaired) electrons. The average Bonchev–Trinajstić information content (AvgIpc) is 2.61. The highest BCUT2D eigenvalue weighted by Gasteiger charge is 2.09. The Morgan fingerprint density at radius 1 is 0.792 bits per heavy atom. The fraction of sp³-hybridized carbons (Fsp3) is 0.100. The Morgan fingerprint density at radius 2 is 1.46 bits per heavy atom. The molecule has 0 heterocycles. The lowest BCUT2D eigenvalue weighted by Crippen LogP contribution is -1.88. The molecule has 3 aromatic rings. The number of ether oxygens (including phenoxy) is 1. The molecule has 24 heavy (non-hydrogen) atoms. The van der Waals surface area contributed by atoms with Gasteiger partial charge in [-0.15, -0.1) is 5.11 Å². The number of hydrogen-bond acceptors (Lipinski definition) is 4. The molecule has 0 spiro atoms. The van der Waals surface area contributed by atoms with E-state index in [2.05, 4.69) is 28.4 Å². The van der Waals surface area contributed by atoms with Crippen LogP contribution in [0, 0.1) is 6.92 Å². The van der Waals surface area contributed by atoms with Gasteiger partial charge in [-0.2, -0.15) is 5.11 Å². The normalized spacial score (nSPS) is 10.9. The van der Waals surface area contributed by atoms with E-state index in [1.165, 1.54) is 4.90 Å². The van der Waals surface area contributed by atoms with Gasteiger partial charge in [0.2, 0.25) is 0 Å². The topological polar surface area (TPSA) is 34.0 Å². The molecule has 0 atom stereocenters. The summed E-state index contributed by atoms with van der Waals surface area (Å²) in [6, 6.07) is 24.1. The van der Waals surface area contributed by atoms with Crippen molar-refractivity contribution in [3.63, 3.8) is 0 Å². The molecule has 0 N–H and O–H groups in total. The van der Waals surface area contributed by atoms with Crippen LogP contribution in [-0.4, -0.2) is 7.11 Å². The van der Waals surface area contributed by atoms with Crippen LogP contribution in [0.25, 0.3) is 0 Å². The molecular weight excluding hydrogens is 316 g/mol. The van der Waals surface area contributed by atoms with E-state index in [4.69, 9.17) is 4.74 Å². The second-order valence-electron chi connectivity index (χ2n) is 5.24. The number of nitrogens with zero attached hydrogens (tertiary/aromatic N) is 2. The summed E-state index contributed by atoms with van der Waals surface area (Å²) in [6.07, 6.45) is 0.